The van der Waals surface area contributed by atoms with E-state index in [1.807, 2.05) is 0 Å². The van der Waals surface area contributed by atoms with Crippen molar-refractivity contribution in [1.82, 2.24) is 0 Å². The molecule has 0 spiro atoms. The van der Waals surface area contributed by atoms with Crippen molar-refractivity contribution in [3.63, 3.8) is 0 Å². The van der Waals surface area contributed by atoms with Gasteiger partial charge in [0.15, 0.2) is 0 Å². The molecule has 0 aliphatic heterocycles. The van der Waals surface area contributed by atoms with Crippen LogP contribution in [0.25, 0.3) is 0 Å². The van der Waals surface area contributed by atoms with Crippen LogP contribution in [0, 0.1) is 34.5 Å². The number of allylic oxidation sites excluding steroid dienone is 1. The fraction of sp³-hybridized carbons (Fsp3) is 0.864. The van der Waals surface area contributed by atoms with Crippen LogP contribution in [-0.4, -0.2) is 16.5 Å². The van der Waals surface area contributed by atoms with E-state index in [9.17, 15) is 9.90 Å². The largest absolute Gasteiger partial charge is 0.390 e. The highest BCUT2D eigenvalue weighted by atomic mass is 16.3. The second-order valence-electron chi connectivity index (χ2n) is 9.99. The van der Waals surface area contributed by atoms with E-state index >= 15 is 0 Å². The zero-order valence-electron chi connectivity index (χ0n) is 15.9. The number of ketones is 1. The van der Waals surface area contributed by atoms with Crippen molar-refractivity contribution in [2.24, 2.45) is 34.5 Å². The first-order valence-corrected chi connectivity index (χ1v) is 10.2. The Kier molecular flexibility index (Phi) is 3.64. The highest BCUT2D eigenvalue weighted by Crippen LogP contribution is 2.65. The third kappa shape index (κ3) is 2.08. The first-order chi connectivity index (χ1) is 11.2. The lowest BCUT2D eigenvalue weighted by Gasteiger charge is -2.58. The third-order valence-corrected chi connectivity index (χ3v) is 8.92. The molecule has 0 saturated heterocycles. The van der Waals surface area contributed by atoms with Crippen molar-refractivity contribution >= 4 is 5.78 Å². The van der Waals surface area contributed by atoms with E-state index in [-0.39, 0.29) is 10.8 Å². The van der Waals surface area contributed by atoms with Crippen LogP contribution >= 0.6 is 0 Å². The Morgan fingerprint density at radius 2 is 1.96 bits per heavy atom. The lowest BCUT2D eigenvalue weighted by Crippen LogP contribution is -2.52. The van der Waals surface area contributed by atoms with Gasteiger partial charge in [-0.25, -0.2) is 0 Å². The maximum Gasteiger partial charge on any atom is 0.139 e. The minimum absolute atomic E-state index is 0.0545. The summed E-state index contributed by atoms with van der Waals surface area (Å²) in [5.74, 6) is 3.04. The van der Waals surface area contributed by atoms with E-state index < -0.39 is 5.60 Å². The predicted molar refractivity (Wildman–Crippen MR) is 96.5 cm³/mol. The van der Waals surface area contributed by atoms with Gasteiger partial charge in [-0.2, -0.15) is 0 Å². The number of rotatable bonds is 1. The molecule has 0 aromatic heterocycles. The Hall–Kier alpha value is -0.630. The van der Waals surface area contributed by atoms with Gasteiger partial charge in [-0.1, -0.05) is 39.3 Å². The summed E-state index contributed by atoms with van der Waals surface area (Å²) in [4.78, 5) is 12.7. The third-order valence-electron chi connectivity index (χ3n) is 8.92. The first-order valence-electron chi connectivity index (χ1n) is 10.2. The molecule has 0 heterocycles. The number of carbonyl (C=O) groups excluding carboxylic acids is 1. The van der Waals surface area contributed by atoms with Crippen molar-refractivity contribution in [3.8, 4) is 0 Å². The molecular formula is C22H34O2. The molecule has 3 saturated carbocycles. The molecule has 134 valence electrons. The number of Topliss-reactive ketones (excluding diaryl/α,β-unsaturated/α-hetero) is 1. The van der Waals surface area contributed by atoms with Gasteiger partial charge in [0.05, 0.1) is 5.60 Å². The molecule has 2 heteroatoms. The monoisotopic (exact) mass is 330 g/mol. The fourth-order valence-electron chi connectivity index (χ4n) is 7.30. The summed E-state index contributed by atoms with van der Waals surface area (Å²) < 4.78 is 0. The lowest BCUT2D eigenvalue weighted by molar-refractivity contribution is -0.132. The molecule has 0 aromatic carbocycles. The van der Waals surface area contributed by atoms with Crippen LogP contribution in [-0.2, 0) is 4.79 Å². The van der Waals surface area contributed by atoms with Gasteiger partial charge in [0, 0.05) is 11.8 Å². The second-order valence-corrected chi connectivity index (χ2v) is 9.99. The molecule has 0 amide bonds. The van der Waals surface area contributed by atoms with Crippen LogP contribution in [0.5, 0.6) is 0 Å². The highest BCUT2D eigenvalue weighted by molar-refractivity contribution is 5.87. The summed E-state index contributed by atoms with van der Waals surface area (Å²) in [5.41, 5.74) is 1.26. The summed E-state index contributed by atoms with van der Waals surface area (Å²) >= 11 is 0. The van der Waals surface area contributed by atoms with Gasteiger partial charge < -0.3 is 5.11 Å². The fourth-order valence-corrected chi connectivity index (χ4v) is 7.30. The molecule has 4 aliphatic carbocycles. The quantitative estimate of drug-likeness (QED) is 0.694. The zero-order valence-corrected chi connectivity index (χ0v) is 15.9. The molecule has 0 aromatic rings. The number of aliphatic hydroxyl groups is 1. The van der Waals surface area contributed by atoms with Crippen LogP contribution in [0.3, 0.4) is 0 Å². The molecule has 4 rings (SSSR count). The Morgan fingerprint density at radius 1 is 1.21 bits per heavy atom. The molecular weight excluding hydrogens is 296 g/mol. The Morgan fingerprint density at radius 3 is 2.67 bits per heavy atom. The van der Waals surface area contributed by atoms with Gasteiger partial charge in [-0.05, 0) is 74.0 Å². The summed E-state index contributed by atoms with van der Waals surface area (Å²) in [6.07, 6.45) is 10.5. The van der Waals surface area contributed by atoms with Crippen LogP contribution in [0.15, 0.2) is 11.6 Å². The van der Waals surface area contributed by atoms with E-state index in [1.165, 1.54) is 12.0 Å². The van der Waals surface area contributed by atoms with Crippen LogP contribution < -0.4 is 0 Å². The van der Waals surface area contributed by atoms with Gasteiger partial charge >= 0.3 is 0 Å². The predicted octanol–water partition coefficient (Wildman–Crippen LogP) is 4.91. The average Bonchev–Trinajstić information content (AvgIpc) is 2.78. The minimum atomic E-state index is -0.474. The minimum Gasteiger partial charge on any atom is -0.390 e. The van der Waals surface area contributed by atoms with E-state index in [1.54, 1.807) is 0 Å². The van der Waals surface area contributed by atoms with Gasteiger partial charge in [0.25, 0.3) is 0 Å². The summed E-state index contributed by atoms with van der Waals surface area (Å²) in [7, 11) is 0. The van der Waals surface area contributed by atoms with Gasteiger partial charge in [-0.3, -0.25) is 4.79 Å². The highest BCUT2D eigenvalue weighted by Gasteiger charge is 2.61. The summed E-state index contributed by atoms with van der Waals surface area (Å²) in [5, 5.41) is 10.8. The normalized spacial score (nSPS) is 53.9. The maximum atomic E-state index is 12.7. The average molecular weight is 331 g/mol. The molecule has 1 N–H and O–H groups in total. The van der Waals surface area contributed by atoms with Crippen molar-refractivity contribution in [2.45, 2.75) is 84.7 Å². The maximum absolute atomic E-state index is 12.7. The second kappa shape index (κ2) is 5.19. The molecule has 2 nitrogen and oxygen atoms in total. The Labute approximate surface area is 147 Å². The number of hydrogen-bond donors (Lipinski definition) is 1. The number of hydrogen-bond acceptors (Lipinski definition) is 2. The number of fused-ring (bicyclic) bond motifs is 5. The van der Waals surface area contributed by atoms with Crippen molar-refractivity contribution in [1.29, 1.82) is 0 Å². The Bertz CT molecular complexity index is 593. The van der Waals surface area contributed by atoms with Crippen molar-refractivity contribution in [2.75, 3.05) is 0 Å². The summed E-state index contributed by atoms with van der Waals surface area (Å²) in [6, 6.07) is 0. The molecule has 0 bridgehead atoms. The zero-order chi connectivity index (χ0) is 17.3. The lowest BCUT2D eigenvalue weighted by atomic mass is 9.46. The van der Waals surface area contributed by atoms with Crippen LogP contribution in [0.2, 0.25) is 0 Å². The van der Waals surface area contributed by atoms with Gasteiger partial charge in [0.2, 0.25) is 0 Å². The van der Waals surface area contributed by atoms with E-state index in [4.69, 9.17) is 0 Å². The molecule has 0 radical (unpaired) electrons. The molecule has 4 aliphatic rings. The van der Waals surface area contributed by atoms with E-state index in [0.29, 0.717) is 29.5 Å². The standard InChI is InChI=1S/C22H34O2/c1-5-22(24)11-10-20(3)15(13-22)6-7-16-17(20)8-9-21(4)18(23)12-14(2)19(16)21/h6,14,16-17,19,24H,5,7-13H2,1-4H3/t14-,16-,17+,19+,20+,21-,22+/m1/s1. The molecule has 7 atom stereocenters. The molecule has 3 fully saturated rings. The van der Waals surface area contributed by atoms with Crippen molar-refractivity contribution in [3.05, 3.63) is 11.6 Å². The summed E-state index contributed by atoms with van der Waals surface area (Å²) in [6.45, 7) is 9.16. The Balaban J connectivity index is 1.69. The molecule has 0 unspecified atom stereocenters. The van der Waals surface area contributed by atoms with Gasteiger partial charge in [0.1, 0.15) is 5.78 Å². The van der Waals surface area contributed by atoms with Crippen LogP contribution in [0.4, 0.5) is 0 Å². The SMILES string of the molecule is CC[C@]1(O)CC[C@@]2(C)C(=CC[C@H]3[C@@H]4[C@H](C)CC(=O)[C@@]4(C)CC[C@@H]32)C1. The van der Waals surface area contributed by atoms with Crippen molar-refractivity contribution < 1.29 is 9.90 Å². The molecule has 24 heavy (non-hydrogen) atoms. The van der Waals surface area contributed by atoms with Crippen LogP contribution in [0.1, 0.15) is 79.1 Å². The van der Waals surface area contributed by atoms with Gasteiger partial charge in [-0.15, -0.1) is 0 Å². The van der Waals surface area contributed by atoms with E-state index in [0.717, 1.165) is 44.9 Å². The van der Waals surface area contributed by atoms with E-state index in [2.05, 4.69) is 33.8 Å². The first kappa shape index (κ1) is 16.8. The smallest absolute Gasteiger partial charge is 0.139 e. The number of carbonyl (C=O) groups is 1. The topological polar surface area (TPSA) is 37.3 Å².